The van der Waals surface area contributed by atoms with Gasteiger partial charge in [0.2, 0.25) is 5.95 Å². The van der Waals surface area contributed by atoms with Crippen LogP contribution in [0, 0.1) is 6.92 Å². The Morgan fingerprint density at radius 1 is 0.926 bits per heavy atom. The van der Waals surface area contributed by atoms with E-state index in [0.717, 1.165) is 34.7 Å². The fourth-order valence-corrected chi connectivity index (χ4v) is 2.69. The Kier molecular flexibility index (Phi) is 4.78. The summed E-state index contributed by atoms with van der Waals surface area (Å²) >= 11 is 0. The molecule has 0 aromatic carbocycles. The van der Waals surface area contributed by atoms with Gasteiger partial charge in [-0.15, -0.1) is 0 Å². The second kappa shape index (κ2) is 7.69. The molecular formula is C19H17N7O. The highest BCUT2D eigenvalue weighted by Crippen LogP contribution is 2.31. The van der Waals surface area contributed by atoms with E-state index in [1.165, 1.54) is 0 Å². The third-order valence-electron chi connectivity index (χ3n) is 4.02. The highest BCUT2D eigenvalue weighted by atomic mass is 16.3. The Labute approximate surface area is 155 Å². The zero-order valence-electron chi connectivity index (χ0n) is 14.7. The molecule has 8 nitrogen and oxygen atoms in total. The van der Waals surface area contributed by atoms with Gasteiger partial charge in [0.05, 0.1) is 29.5 Å². The first-order valence-corrected chi connectivity index (χ1v) is 8.48. The Morgan fingerprint density at radius 2 is 1.78 bits per heavy atom. The minimum Gasteiger partial charge on any atom is -0.469 e. The minimum absolute atomic E-state index is 0.530. The van der Waals surface area contributed by atoms with Crippen molar-refractivity contribution in [2.24, 2.45) is 0 Å². The molecule has 0 aliphatic carbocycles. The van der Waals surface area contributed by atoms with E-state index < -0.39 is 0 Å². The number of aromatic nitrogens is 6. The van der Waals surface area contributed by atoms with Gasteiger partial charge in [0.1, 0.15) is 5.76 Å². The van der Waals surface area contributed by atoms with Gasteiger partial charge in [-0.2, -0.15) is 0 Å². The van der Waals surface area contributed by atoms with Gasteiger partial charge in [-0.25, -0.2) is 9.97 Å². The van der Waals surface area contributed by atoms with E-state index >= 15 is 0 Å². The smallest absolute Gasteiger partial charge is 0.223 e. The second-order valence-corrected chi connectivity index (χ2v) is 5.81. The van der Waals surface area contributed by atoms with E-state index in [4.69, 9.17) is 9.40 Å². The largest absolute Gasteiger partial charge is 0.469 e. The molecule has 0 aliphatic rings. The highest BCUT2D eigenvalue weighted by molar-refractivity contribution is 5.79. The molecule has 0 amide bonds. The summed E-state index contributed by atoms with van der Waals surface area (Å²) < 4.78 is 5.46. The number of aryl methyl sites for hydroxylation is 1. The number of hydrogen-bond donors (Lipinski definition) is 1. The van der Waals surface area contributed by atoms with Crippen molar-refractivity contribution >= 4 is 5.95 Å². The lowest BCUT2D eigenvalue weighted by molar-refractivity contribution is 0.535. The number of nitrogens with one attached hydrogen (secondary N) is 1. The van der Waals surface area contributed by atoms with E-state index in [2.05, 4.69) is 30.2 Å². The monoisotopic (exact) mass is 359 g/mol. The van der Waals surface area contributed by atoms with E-state index in [1.54, 1.807) is 49.6 Å². The molecule has 0 radical (unpaired) electrons. The maximum atomic E-state index is 5.46. The summed E-state index contributed by atoms with van der Waals surface area (Å²) in [5.41, 5.74) is 4.06. The van der Waals surface area contributed by atoms with E-state index in [0.29, 0.717) is 18.2 Å². The summed E-state index contributed by atoms with van der Waals surface area (Å²) in [5, 5.41) is 3.24. The van der Waals surface area contributed by atoms with E-state index in [9.17, 15) is 0 Å². The van der Waals surface area contributed by atoms with Crippen molar-refractivity contribution in [3.05, 3.63) is 67.2 Å². The number of anilines is 1. The van der Waals surface area contributed by atoms with Crippen LogP contribution in [0.5, 0.6) is 0 Å². The third kappa shape index (κ3) is 3.79. The van der Waals surface area contributed by atoms with Gasteiger partial charge in [0.15, 0.2) is 0 Å². The first-order chi connectivity index (χ1) is 13.3. The topological polar surface area (TPSA) is 103 Å². The Hall–Kier alpha value is -3.68. The summed E-state index contributed by atoms with van der Waals surface area (Å²) in [5.74, 6) is 1.31. The first kappa shape index (κ1) is 16.8. The molecule has 134 valence electrons. The molecule has 4 aromatic heterocycles. The Bertz CT molecular complexity index is 1020. The summed E-state index contributed by atoms with van der Waals surface area (Å²) in [6.45, 7) is 2.55. The molecule has 4 rings (SSSR count). The van der Waals surface area contributed by atoms with Crippen molar-refractivity contribution in [3.8, 4) is 22.5 Å². The average molecular weight is 359 g/mol. The van der Waals surface area contributed by atoms with Crippen LogP contribution in [-0.4, -0.2) is 36.4 Å². The van der Waals surface area contributed by atoms with Gasteiger partial charge in [0, 0.05) is 61.3 Å². The molecule has 0 aliphatic heterocycles. The Balaban J connectivity index is 1.62. The van der Waals surface area contributed by atoms with E-state index in [-0.39, 0.29) is 0 Å². The van der Waals surface area contributed by atoms with Crippen molar-refractivity contribution in [3.63, 3.8) is 0 Å². The van der Waals surface area contributed by atoms with Crippen LogP contribution in [0.1, 0.15) is 11.5 Å². The Morgan fingerprint density at radius 3 is 2.48 bits per heavy atom. The fraction of sp³-hybridized carbons (Fsp3) is 0.158. The quantitative estimate of drug-likeness (QED) is 0.560. The SMILES string of the molecule is Cc1occc1-c1nc(NCCc2cnccn2)ncc1-c1cnccn1. The summed E-state index contributed by atoms with van der Waals surface area (Å²) in [6, 6.07) is 1.89. The molecule has 4 aromatic rings. The van der Waals surface area contributed by atoms with Crippen molar-refractivity contribution < 1.29 is 4.42 Å². The minimum atomic E-state index is 0.530. The number of nitrogens with zero attached hydrogens (tertiary/aromatic N) is 6. The normalized spacial score (nSPS) is 10.7. The van der Waals surface area contributed by atoms with Gasteiger partial charge in [-0.1, -0.05) is 0 Å². The fourth-order valence-electron chi connectivity index (χ4n) is 2.69. The van der Waals surface area contributed by atoms with E-state index in [1.807, 2.05) is 13.0 Å². The van der Waals surface area contributed by atoms with Crippen LogP contribution in [0.15, 0.2) is 60.1 Å². The molecule has 0 fully saturated rings. The van der Waals surface area contributed by atoms with Crippen LogP contribution < -0.4 is 5.32 Å². The molecule has 8 heteroatoms. The lowest BCUT2D eigenvalue weighted by atomic mass is 10.1. The zero-order chi connectivity index (χ0) is 18.5. The van der Waals surface area contributed by atoms with Crippen molar-refractivity contribution in [1.29, 1.82) is 0 Å². The zero-order valence-corrected chi connectivity index (χ0v) is 14.7. The van der Waals surface area contributed by atoms with Crippen LogP contribution in [0.25, 0.3) is 22.5 Å². The van der Waals surface area contributed by atoms with Gasteiger partial charge < -0.3 is 9.73 Å². The molecule has 0 saturated carbocycles. The predicted molar refractivity (Wildman–Crippen MR) is 99.7 cm³/mol. The molecule has 0 atom stereocenters. The van der Waals surface area contributed by atoms with Gasteiger partial charge in [-0.3, -0.25) is 19.9 Å². The molecule has 27 heavy (non-hydrogen) atoms. The second-order valence-electron chi connectivity index (χ2n) is 5.81. The lowest BCUT2D eigenvalue weighted by Crippen LogP contribution is -2.09. The predicted octanol–water partition coefficient (Wildman–Crippen LogP) is 2.95. The molecule has 0 spiro atoms. The van der Waals surface area contributed by atoms with Gasteiger partial charge in [-0.05, 0) is 13.0 Å². The van der Waals surface area contributed by atoms with Gasteiger partial charge >= 0.3 is 0 Å². The summed E-state index contributed by atoms with van der Waals surface area (Å²) in [4.78, 5) is 26.0. The van der Waals surface area contributed by atoms with Crippen molar-refractivity contribution in [2.75, 3.05) is 11.9 Å². The molecule has 0 unspecified atom stereocenters. The van der Waals surface area contributed by atoms with Crippen LogP contribution >= 0.6 is 0 Å². The lowest BCUT2D eigenvalue weighted by Gasteiger charge is -2.10. The average Bonchev–Trinajstić information content (AvgIpc) is 3.15. The van der Waals surface area contributed by atoms with Crippen LogP contribution in [0.2, 0.25) is 0 Å². The van der Waals surface area contributed by atoms with Crippen LogP contribution in [0.4, 0.5) is 5.95 Å². The molecule has 0 saturated heterocycles. The van der Waals surface area contributed by atoms with Crippen LogP contribution in [-0.2, 0) is 6.42 Å². The summed E-state index contributed by atoms with van der Waals surface area (Å²) in [7, 11) is 0. The van der Waals surface area contributed by atoms with Crippen molar-refractivity contribution in [1.82, 2.24) is 29.9 Å². The maximum absolute atomic E-state index is 5.46. The molecule has 4 heterocycles. The summed E-state index contributed by atoms with van der Waals surface area (Å²) in [6.07, 6.45) is 14.2. The standard InChI is InChI=1S/C19H17N7O/c1-13-15(3-9-27-13)18-16(17-12-21-6-8-23-17)11-25-19(26-18)24-4-2-14-10-20-5-7-22-14/h3,5-12H,2,4H2,1H3,(H,24,25,26). The number of hydrogen-bond acceptors (Lipinski definition) is 8. The third-order valence-corrected chi connectivity index (χ3v) is 4.02. The van der Waals surface area contributed by atoms with Crippen molar-refractivity contribution in [2.45, 2.75) is 13.3 Å². The first-order valence-electron chi connectivity index (χ1n) is 8.48. The number of furan rings is 1. The van der Waals surface area contributed by atoms with Gasteiger partial charge in [0.25, 0.3) is 0 Å². The molecule has 0 bridgehead atoms. The maximum Gasteiger partial charge on any atom is 0.223 e. The highest BCUT2D eigenvalue weighted by Gasteiger charge is 2.16. The van der Waals surface area contributed by atoms with Crippen LogP contribution in [0.3, 0.4) is 0 Å². The molecule has 1 N–H and O–H groups in total. The molecular weight excluding hydrogens is 342 g/mol. The number of rotatable bonds is 6.